The summed E-state index contributed by atoms with van der Waals surface area (Å²) in [5.41, 5.74) is 3.69. The van der Waals surface area contributed by atoms with Crippen LogP contribution < -0.4 is 0 Å². The van der Waals surface area contributed by atoms with E-state index in [-0.39, 0.29) is 18.1 Å². The summed E-state index contributed by atoms with van der Waals surface area (Å²) in [4.78, 5) is 13.0. The highest BCUT2D eigenvalue weighted by molar-refractivity contribution is 6.07. The Kier molecular flexibility index (Phi) is 2.43. The van der Waals surface area contributed by atoms with Gasteiger partial charge in [0.05, 0.1) is 0 Å². The van der Waals surface area contributed by atoms with Crippen molar-refractivity contribution in [2.45, 2.75) is 32.0 Å². The van der Waals surface area contributed by atoms with Crippen molar-refractivity contribution in [2.75, 3.05) is 0 Å². The normalized spacial score (nSPS) is 28.1. The molecule has 0 aliphatic heterocycles. The van der Waals surface area contributed by atoms with Gasteiger partial charge in [-0.15, -0.1) is 0 Å². The molecule has 3 aliphatic rings. The van der Waals surface area contributed by atoms with Gasteiger partial charge in [-0.1, -0.05) is 37.3 Å². The molecule has 0 amide bonds. The fraction of sp³-hybridized carbons (Fsp3) is 0.389. The molecule has 3 aliphatic carbocycles. The molecule has 108 valence electrons. The Balaban J connectivity index is 1.76. The van der Waals surface area contributed by atoms with E-state index in [2.05, 4.69) is 19.1 Å². The maximum atomic E-state index is 13.0. The van der Waals surface area contributed by atoms with Crippen LogP contribution in [0.2, 0.25) is 0 Å². The van der Waals surface area contributed by atoms with Gasteiger partial charge in [-0.3, -0.25) is 4.79 Å². The topological polar surface area (TPSA) is 57.5 Å². The van der Waals surface area contributed by atoms with E-state index >= 15 is 0 Å². The average Bonchev–Trinajstić information content (AvgIpc) is 2.92. The van der Waals surface area contributed by atoms with Crippen molar-refractivity contribution in [3.8, 4) is 0 Å². The van der Waals surface area contributed by atoms with Crippen LogP contribution in [-0.4, -0.2) is 21.8 Å². The van der Waals surface area contributed by atoms with Gasteiger partial charge in [0.15, 0.2) is 11.6 Å². The average molecular weight is 282 g/mol. The van der Waals surface area contributed by atoms with Crippen LogP contribution in [0.15, 0.2) is 47.6 Å². The number of benzene rings is 1. The number of Topliss-reactive ketones (excluding diaryl/α,β-unsaturated/α-hetero) is 1. The van der Waals surface area contributed by atoms with E-state index in [1.807, 2.05) is 12.1 Å². The quantitative estimate of drug-likeness (QED) is 0.715. The van der Waals surface area contributed by atoms with Gasteiger partial charge in [-0.05, 0) is 41.5 Å². The molecule has 0 radical (unpaired) electrons. The summed E-state index contributed by atoms with van der Waals surface area (Å²) in [6.07, 6.45) is 4.60. The Hall–Kier alpha value is -1.71. The van der Waals surface area contributed by atoms with Crippen LogP contribution in [0.1, 0.15) is 24.5 Å². The lowest BCUT2D eigenvalue weighted by Crippen LogP contribution is -2.34. The van der Waals surface area contributed by atoms with Gasteiger partial charge in [-0.25, -0.2) is 0 Å². The minimum Gasteiger partial charge on any atom is -0.362 e. The van der Waals surface area contributed by atoms with Crippen molar-refractivity contribution in [1.82, 2.24) is 0 Å². The number of hydrogen-bond donors (Lipinski definition) is 2. The minimum absolute atomic E-state index is 0.0519. The lowest BCUT2D eigenvalue weighted by atomic mass is 9.72. The second-order valence-corrected chi connectivity index (χ2v) is 6.66. The van der Waals surface area contributed by atoms with Crippen molar-refractivity contribution in [1.29, 1.82) is 0 Å². The summed E-state index contributed by atoms with van der Waals surface area (Å²) in [5, 5.41) is 19.7. The molecule has 1 atom stereocenters. The molecule has 0 saturated carbocycles. The zero-order valence-electron chi connectivity index (χ0n) is 12.0. The number of carbonyl (C=O) groups is 1. The highest BCUT2D eigenvalue weighted by atomic mass is 16.5. The maximum absolute atomic E-state index is 13.0. The number of aliphatic hydroxyl groups is 2. The van der Waals surface area contributed by atoms with E-state index in [1.165, 1.54) is 17.2 Å². The van der Waals surface area contributed by atoms with E-state index in [0.29, 0.717) is 5.57 Å². The van der Waals surface area contributed by atoms with Crippen LogP contribution in [0.4, 0.5) is 0 Å². The van der Waals surface area contributed by atoms with Gasteiger partial charge in [0.25, 0.3) is 0 Å². The van der Waals surface area contributed by atoms with E-state index in [1.54, 1.807) is 6.08 Å². The first kappa shape index (κ1) is 13.0. The fourth-order valence-electron chi connectivity index (χ4n) is 4.28. The molecular formula is C18H18O3. The van der Waals surface area contributed by atoms with E-state index in [4.69, 9.17) is 0 Å². The molecule has 0 saturated heterocycles. The lowest BCUT2D eigenvalue weighted by Gasteiger charge is -2.30. The number of fused-ring (bicyclic) bond motifs is 1. The molecule has 1 spiro atoms. The second-order valence-electron chi connectivity index (χ2n) is 6.66. The predicted molar refractivity (Wildman–Crippen MR) is 78.4 cm³/mol. The molecule has 0 bridgehead atoms. The number of hydrogen-bond acceptors (Lipinski definition) is 3. The highest BCUT2D eigenvalue weighted by Gasteiger charge is 2.55. The third-order valence-electron chi connectivity index (χ3n) is 5.49. The van der Waals surface area contributed by atoms with Crippen LogP contribution in [-0.2, 0) is 17.6 Å². The molecule has 1 aromatic carbocycles. The van der Waals surface area contributed by atoms with Gasteiger partial charge in [0, 0.05) is 17.4 Å². The summed E-state index contributed by atoms with van der Waals surface area (Å²) < 4.78 is 0. The summed E-state index contributed by atoms with van der Waals surface area (Å²) in [5.74, 6) is -1.59. The van der Waals surface area contributed by atoms with Gasteiger partial charge in [0.1, 0.15) is 0 Å². The SMILES string of the molecule is CC1C2=C(C=CC(O)(O)C2)C(=O)C12Cc1ccccc1C2. The first-order valence-corrected chi connectivity index (χ1v) is 7.42. The minimum atomic E-state index is -1.82. The van der Waals surface area contributed by atoms with E-state index in [9.17, 15) is 15.0 Å². The number of carbonyl (C=O) groups excluding carboxylic acids is 1. The first-order valence-electron chi connectivity index (χ1n) is 7.42. The van der Waals surface area contributed by atoms with Crippen molar-refractivity contribution >= 4 is 5.78 Å². The van der Waals surface area contributed by atoms with Crippen LogP contribution in [0.3, 0.4) is 0 Å². The molecule has 0 aromatic heterocycles. The third-order valence-corrected chi connectivity index (χ3v) is 5.49. The van der Waals surface area contributed by atoms with Crippen LogP contribution in [0, 0.1) is 11.3 Å². The van der Waals surface area contributed by atoms with Gasteiger partial charge in [0.2, 0.25) is 0 Å². The molecule has 21 heavy (non-hydrogen) atoms. The van der Waals surface area contributed by atoms with Crippen molar-refractivity contribution < 1.29 is 15.0 Å². The highest BCUT2D eigenvalue weighted by Crippen LogP contribution is 2.54. The van der Waals surface area contributed by atoms with Crippen molar-refractivity contribution in [3.63, 3.8) is 0 Å². The van der Waals surface area contributed by atoms with Crippen LogP contribution in [0.5, 0.6) is 0 Å². The monoisotopic (exact) mass is 282 g/mol. The van der Waals surface area contributed by atoms with E-state index in [0.717, 1.165) is 18.4 Å². The van der Waals surface area contributed by atoms with Gasteiger partial charge >= 0.3 is 0 Å². The summed E-state index contributed by atoms with van der Waals surface area (Å²) in [6, 6.07) is 8.22. The molecule has 4 rings (SSSR count). The summed E-state index contributed by atoms with van der Waals surface area (Å²) in [7, 11) is 0. The lowest BCUT2D eigenvalue weighted by molar-refractivity contribution is -0.124. The molecular weight excluding hydrogens is 264 g/mol. The summed E-state index contributed by atoms with van der Waals surface area (Å²) >= 11 is 0. The molecule has 2 N–H and O–H groups in total. The Morgan fingerprint density at radius 2 is 1.71 bits per heavy atom. The predicted octanol–water partition coefficient (Wildman–Crippen LogP) is 1.93. The molecule has 3 heteroatoms. The van der Waals surface area contributed by atoms with Gasteiger partial charge in [-0.2, -0.15) is 0 Å². The third kappa shape index (κ3) is 1.65. The number of rotatable bonds is 0. The number of ketones is 1. The molecule has 1 unspecified atom stereocenters. The standard InChI is InChI=1S/C18H18O3/c1-11-15-10-18(20,21)7-6-14(15)16(19)17(11)8-12-4-2-3-5-13(12)9-17/h2-7,11,20-21H,8-10H2,1H3. The van der Waals surface area contributed by atoms with Gasteiger partial charge < -0.3 is 10.2 Å². The Labute approximate surface area is 123 Å². The van der Waals surface area contributed by atoms with Crippen LogP contribution in [0.25, 0.3) is 0 Å². The Bertz CT molecular complexity index is 684. The second kappa shape index (κ2) is 3.93. The van der Waals surface area contributed by atoms with Crippen molar-refractivity contribution in [2.24, 2.45) is 11.3 Å². The Morgan fingerprint density at radius 3 is 2.33 bits per heavy atom. The fourth-order valence-corrected chi connectivity index (χ4v) is 4.28. The van der Waals surface area contributed by atoms with Crippen molar-refractivity contribution in [3.05, 3.63) is 58.7 Å². The summed E-state index contributed by atoms with van der Waals surface area (Å²) in [6.45, 7) is 2.06. The molecule has 0 fully saturated rings. The number of allylic oxidation sites excluding steroid dienone is 2. The van der Waals surface area contributed by atoms with Crippen LogP contribution >= 0.6 is 0 Å². The molecule has 3 nitrogen and oxygen atoms in total. The smallest absolute Gasteiger partial charge is 0.186 e. The Morgan fingerprint density at radius 1 is 1.10 bits per heavy atom. The molecule has 0 heterocycles. The molecule has 1 aromatic rings. The zero-order chi connectivity index (χ0) is 14.8. The largest absolute Gasteiger partial charge is 0.362 e. The maximum Gasteiger partial charge on any atom is 0.186 e. The first-order chi connectivity index (χ1) is 9.93. The zero-order valence-corrected chi connectivity index (χ0v) is 12.0. The van der Waals surface area contributed by atoms with E-state index < -0.39 is 11.2 Å².